The predicted octanol–water partition coefficient (Wildman–Crippen LogP) is 1.84. The van der Waals surface area contributed by atoms with Crippen molar-refractivity contribution >= 4 is 5.91 Å². The highest BCUT2D eigenvalue weighted by Crippen LogP contribution is 2.27. The molecule has 112 valence electrons. The van der Waals surface area contributed by atoms with Crippen molar-refractivity contribution in [2.45, 2.75) is 39.3 Å². The molecule has 1 rings (SSSR count). The van der Waals surface area contributed by atoms with Gasteiger partial charge in [-0.3, -0.25) is 4.79 Å². The standard InChI is InChI=1S/C15H24N2O3/c1-5-15(2,3)17-14(18)10-20-12-7-6-11(9-16)8-13(12)19-4/h6-8H,5,9-10,16H2,1-4H3,(H,17,18). The monoisotopic (exact) mass is 280 g/mol. The lowest BCUT2D eigenvalue weighted by Gasteiger charge is -2.24. The van der Waals surface area contributed by atoms with Gasteiger partial charge in [0.1, 0.15) is 0 Å². The van der Waals surface area contributed by atoms with E-state index in [1.165, 1.54) is 0 Å². The van der Waals surface area contributed by atoms with Gasteiger partial charge < -0.3 is 20.5 Å². The molecule has 0 aromatic heterocycles. The van der Waals surface area contributed by atoms with Crippen LogP contribution in [0.25, 0.3) is 0 Å². The molecule has 0 radical (unpaired) electrons. The molecule has 0 saturated carbocycles. The van der Waals surface area contributed by atoms with Gasteiger partial charge in [0.05, 0.1) is 7.11 Å². The summed E-state index contributed by atoms with van der Waals surface area (Å²) < 4.78 is 10.7. The van der Waals surface area contributed by atoms with Crippen molar-refractivity contribution in [1.29, 1.82) is 0 Å². The van der Waals surface area contributed by atoms with Gasteiger partial charge in [-0.2, -0.15) is 0 Å². The van der Waals surface area contributed by atoms with Crippen LogP contribution in [-0.2, 0) is 11.3 Å². The predicted molar refractivity (Wildman–Crippen MR) is 78.9 cm³/mol. The van der Waals surface area contributed by atoms with Gasteiger partial charge in [0.2, 0.25) is 0 Å². The SMILES string of the molecule is CCC(C)(C)NC(=O)COc1ccc(CN)cc1OC. The summed E-state index contributed by atoms with van der Waals surface area (Å²) in [6.07, 6.45) is 0.854. The zero-order chi connectivity index (χ0) is 15.2. The number of nitrogens with one attached hydrogen (secondary N) is 1. The minimum absolute atomic E-state index is 0.0399. The van der Waals surface area contributed by atoms with Gasteiger partial charge in [-0.25, -0.2) is 0 Å². The van der Waals surface area contributed by atoms with Crippen molar-refractivity contribution in [3.05, 3.63) is 23.8 Å². The zero-order valence-corrected chi connectivity index (χ0v) is 12.7. The number of carbonyl (C=O) groups excluding carboxylic acids is 1. The van der Waals surface area contributed by atoms with E-state index in [9.17, 15) is 4.79 Å². The van der Waals surface area contributed by atoms with E-state index in [-0.39, 0.29) is 18.1 Å². The molecule has 0 fully saturated rings. The molecule has 0 bridgehead atoms. The zero-order valence-electron chi connectivity index (χ0n) is 12.7. The molecule has 0 aliphatic carbocycles. The number of hydrogen-bond donors (Lipinski definition) is 2. The summed E-state index contributed by atoms with van der Waals surface area (Å²) in [6, 6.07) is 5.42. The first-order chi connectivity index (χ1) is 9.41. The van der Waals surface area contributed by atoms with Gasteiger partial charge in [0, 0.05) is 12.1 Å². The van der Waals surface area contributed by atoms with Crippen LogP contribution < -0.4 is 20.5 Å². The minimum atomic E-state index is -0.228. The van der Waals surface area contributed by atoms with Crippen LogP contribution in [0.5, 0.6) is 11.5 Å². The van der Waals surface area contributed by atoms with E-state index in [2.05, 4.69) is 5.32 Å². The smallest absolute Gasteiger partial charge is 0.258 e. The van der Waals surface area contributed by atoms with Gasteiger partial charge >= 0.3 is 0 Å². The molecule has 0 aliphatic heterocycles. The molecule has 20 heavy (non-hydrogen) atoms. The number of benzene rings is 1. The average molecular weight is 280 g/mol. The molecule has 0 aliphatic rings. The number of ether oxygens (including phenoxy) is 2. The first kappa shape index (κ1) is 16.3. The van der Waals surface area contributed by atoms with Crippen LogP contribution in [0.15, 0.2) is 18.2 Å². The van der Waals surface area contributed by atoms with E-state index >= 15 is 0 Å². The van der Waals surface area contributed by atoms with E-state index < -0.39 is 0 Å². The lowest BCUT2D eigenvalue weighted by atomic mass is 10.0. The van der Waals surface area contributed by atoms with Crippen LogP contribution in [0, 0.1) is 0 Å². The van der Waals surface area contributed by atoms with Crippen LogP contribution in [0.2, 0.25) is 0 Å². The second-order valence-corrected chi connectivity index (χ2v) is 5.26. The minimum Gasteiger partial charge on any atom is -0.493 e. The fourth-order valence-corrected chi connectivity index (χ4v) is 1.60. The van der Waals surface area contributed by atoms with E-state index in [1.54, 1.807) is 13.2 Å². The Labute approximate surface area is 120 Å². The Kier molecular flexibility index (Phi) is 5.82. The maximum Gasteiger partial charge on any atom is 0.258 e. The van der Waals surface area contributed by atoms with Crippen LogP contribution in [-0.4, -0.2) is 25.2 Å². The topological polar surface area (TPSA) is 73.6 Å². The molecule has 1 aromatic rings. The Morgan fingerprint density at radius 2 is 2.05 bits per heavy atom. The maximum absolute atomic E-state index is 11.8. The van der Waals surface area contributed by atoms with Crippen molar-refractivity contribution < 1.29 is 14.3 Å². The third kappa shape index (κ3) is 4.74. The highest BCUT2D eigenvalue weighted by atomic mass is 16.5. The van der Waals surface area contributed by atoms with Crippen molar-refractivity contribution in [3.8, 4) is 11.5 Å². The van der Waals surface area contributed by atoms with Crippen LogP contribution in [0.1, 0.15) is 32.8 Å². The Hall–Kier alpha value is -1.75. The van der Waals surface area contributed by atoms with Gasteiger partial charge in [-0.1, -0.05) is 13.0 Å². The number of amides is 1. The molecule has 0 atom stereocenters. The summed E-state index contributed by atoms with van der Waals surface area (Å²) in [5.41, 5.74) is 6.29. The lowest BCUT2D eigenvalue weighted by molar-refractivity contribution is -0.124. The molecule has 5 heteroatoms. The molecule has 3 N–H and O–H groups in total. The van der Waals surface area contributed by atoms with Crippen molar-refractivity contribution in [1.82, 2.24) is 5.32 Å². The van der Waals surface area contributed by atoms with Gasteiger partial charge in [-0.05, 0) is 38.0 Å². The molecular weight excluding hydrogens is 256 g/mol. The largest absolute Gasteiger partial charge is 0.493 e. The second kappa shape index (κ2) is 7.14. The average Bonchev–Trinajstić information content (AvgIpc) is 2.44. The molecular formula is C15H24N2O3. The second-order valence-electron chi connectivity index (χ2n) is 5.26. The molecule has 0 unspecified atom stereocenters. The Bertz CT molecular complexity index is 458. The molecule has 0 spiro atoms. The first-order valence-corrected chi connectivity index (χ1v) is 6.72. The van der Waals surface area contributed by atoms with Crippen LogP contribution in [0.4, 0.5) is 0 Å². The normalized spacial score (nSPS) is 11.1. The van der Waals surface area contributed by atoms with Crippen LogP contribution >= 0.6 is 0 Å². The molecule has 1 amide bonds. The van der Waals surface area contributed by atoms with E-state index in [4.69, 9.17) is 15.2 Å². The van der Waals surface area contributed by atoms with Gasteiger partial charge in [0.25, 0.3) is 5.91 Å². The number of nitrogens with two attached hydrogens (primary N) is 1. The van der Waals surface area contributed by atoms with E-state index in [0.717, 1.165) is 12.0 Å². The number of carbonyl (C=O) groups is 1. The van der Waals surface area contributed by atoms with Gasteiger partial charge in [-0.15, -0.1) is 0 Å². The Morgan fingerprint density at radius 3 is 2.60 bits per heavy atom. The summed E-state index contributed by atoms with van der Waals surface area (Å²) in [5.74, 6) is 0.964. The molecule has 0 saturated heterocycles. The highest BCUT2D eigenvalue weighted by Gasteiger charge is 2.18. The summed E-state index contributed by atoms with van der Waals surface area (Å²) in [7, 11) is 1.56. The molecule has 0 heterocycles. The van der Waals surface area contributed by atoms with Crippen LogP contribution in [0.3, 0.4) is 0 Å². The maximum atomic E-state index is 11.8. The van der Waals surface area contributed by atoms with E-state index in [0.29, 0.717) is 18.0 Å². The Morgan fingerprint density at radius 1 is 1.35 bits per heavy atom. The molecule has 5 nitrogen and oxygen atoms in total. The number of rotatable bonds is 7. The fourth-order valence-electron chi connectivity index (χ4n) is 1.60. The number of methoxy groups -OCH3 is 1. The quantitative estimate of drug-likeness (QED) is 0.799. The third-order valence-corrected chi connectivity index (χ3v) is 3.18. The summed E-state index contributed by atoms with van der Waals surface area (Å²) in [5, 5.41) is 2.91. The van der Waals surface area contributed by atoms with Crippen molar-refractivity contribution in [3.63, 3.8) is 0 Å². The number of hydrogen-bond acceptors (Lipinski definition) is 4. The van der Waals surface area contributed by atoms with Crippen molar-refractivity contribution in [2.24, 2.45) is 5.73 Å². The summed E-state index contributed by atoms with van der Waals surface area (Å²) >= 11 is 0. The summed E-state index contributed by atoms with van der Waals surface area (Å²) in [6.45, 7) is 6.36. The summed E-state index contributed by atoms with van der Waals surface area (Å²) in [4.78, 5) is 11.8. The lowest BCUT2D eigenvalue weighted by Crippen LogP contribution is -2.44. The van der Waals surface area contributed by atoms with E-state index in [1.807, 2.05) is 32.9 Å². The Balaban J connectivity index is 2.63. The van der Waals surface area contributed by atoms with Gasteiger partial charge in [0.15, 0.2) is 18.1 Å². The highest BCUT2D eigenvalue weighted by molar-refractivity contribution is 5.78. The molecule has 1 aromatic carbocycles. The van der Waals surface area contributed by atoms with Crippen molar-refractivity contribution in [2.75, 3.05) is 13.7 Å². The first-order valence-electron chi connectivity index (χ1n) is 6.72. The third-order valence-electron chi connectivity index (χ3n) is 3.18. The fraction of sp³-hybridized carbons (Fsp3) is 0.533.